The van der Waals surface area contributed by atoms with Gasteiger partial charge in [-0.25, -0.2) is 4.79 Å². The molecule has 0 unspecified atom stereocenters. The molecule has 2 N–H and O–H groups in total. The molecule has 4 rings (SSSR count). The van der Waals surface area contributed by atoms with Gasteiger partial charge in [-0.15, -0.1) is 0 Å². The molecule has 1 atom stereocenters. The minimum absolute atomic E-state index is 0.360. The average molecular weight is 441 g/mol. The van der Waals surface area contributed by atoms with E-state index in [0.29, 0.717) is 47.5 Å². The van der Waals surface area contributed by atoms with Gasteiger partial charge < -0.3 is 29.6 Å². The van der Waals surface area contributed by atoms with Crippen LogP contribution in [0.25, 0.3) is 0 Å². The number of rotatable bonds is 6. The lowest BCUT2D eigenvalue weighted by molar-refractivity contribution is -0.133. The maximum Gasteiger partial charge on any atom is 0.325 e. The molecule has 0 saturated carbocycles. The van der Waals surface area contributed by atoms with Gasteiger partial charge in [0.15, 0.2) is 11.5 Å². The van der Waals surface area contributed by atoms with Crippen LogP contribution in [0.15, 0.2) is 36.4 Å². The summed E-state index contributed by atoms with van der Waals surface area (Å²) in [6.45, 7) is 1.96. The van der Waals surface area contributed by atoms with Crippen LogP contribution in [0, 0.1) is 0 Å². The van der Waals surface area contributed by atoms with Crippen LogP contribution in [0.3, 0.4) is 0 Å². The Morgan fingerprint density at radius 2 is 1.84 bits per heavy atom. The van der Waals surface area contributed by atoms with Crippen molar-refractivity contribution in [1.82, 2.24) is 10.2 Å². The molecule has 10 heteroatoms. The number of methoxy groups -OCH3 is 2. The normalized spacial score (nSPS) is 19.4. The lowest BCUT2D eigenvalue weighted by Crippen LogP contribution is -2.42. The smallest absolute Gasteiger partial charge is 0.325 e. The van der Waals surface area contributed by atoms with Crippen LogP contribution in [-0.4, -0.2) is 56.7 Å². The fourth-order valence-electron chi connectivity index (χ4n) is 3.64. The zero-order valence-corrected chi connectivity index (χ0v) is 17.9. The SMILES string of the molecule is COc1ccc(OC)c(NC(=O)CN2C(=O)N[C@@](C)(c3ccc4c(c3)OCCO4)C2=O)c1. The van der Waals surface area contributed by atoms with E-state index in [2.05, 4.69) is 10.6 Å². The Hall–Kier alpha value is -3.95. The maximum atomic E-state index is 13.2. The van der Waals surface area contributed by atoms with Gasteiger partial charge in [-0.3, -0.25) is 14.5 Å². The average Bonchev–Trinajstić information content (AvgIpc) is 3.02. The first kappa shape index (κ1) is 21.3. The third kappa shape index (κ3) is 3.75. The first-order valence-corrected chi connectivity index (χ1v) is 9.92. The van der Waals surface area contributed by atoms with E-state index >= 15 is 0 Å². The van der Waals surface area contributed by atoms with Crippen molar-refractivity contribution in [3.05, 3.63) is 42.0 Å². The second kappa shape index (κ2) is 8.29. The lowest BCUT2D eigenvalue weighted by Gasteiger charge is -2.25. The third-order valence-electron chi connectivity index (χ3n) is 5.38. The highest BCUT2D eigenvalue weighted by molar-refractivity contribution is 6.10. The number of fused-ring (bicyclic) bond motifs is 1. The van der Waals surface area contributed by atoms with Gasteiger partial charge in [0.25, 0.3) is 5.91 Å². The summed E-state index contributed by atoms with van der Waals surface area (Å²) in [5.74, 6) is 0.889. The Balaban J connectivity index is 1.51. The molecule has 10 nitrogen and oxygen atoms in total. The summed E-state index contributed by atoms with van der Waals surface area (Å²) in [5.41, 5.74) is -0.461. The number of nitrogens with zero attached hydrogens (tertiary/aromatic N) is 1. The number of ether oxygens (including phenoxy) is 4. The number of carbonyl (C=O) groups excluding carboxylic acids is 3. The summed E-state index contributed by atoms with van der Waals surface area (Å²) in [6, 6.07) is 9.29. The van der Waals surface area contributed by atoms with Gasteiger partial charge in [-0.1, -0.05) is 6.07 Å². The third-order valence-corrected chi connectivity index (χ3v) is 5.38. The zero-order valence-electron chi connectivity index (χ0n) is 17.9. The Kier molecular flexibility index (Phi) is 5.52. The van der Waals surface area contributed by atoms with Gasteiger partial charge in [0.2, 0.25) is 5.91 Å². The summed E-state index contributed by atoms with van der Waals surface area (Å²) >= 11 is 0. The molecule has 0 radical (unpaired) electrons. The quantitative estimate of drug-likeness (QED) is 0.658. The minimum Gasteiger partial charge on any atom is -0.497 e. The topological polar surface area (TPSA) is 115 Å². The van der Waals surface area contributed by atoms with Gasteiger partial charge in [0.1, 0.15) is 36.8 Å². The molecule has 4 amide bonds. The standard InChI is InChI=1S/C22H23N3O7/c1-22(13-4-6-17-18(10-13)32-9-8-31-17)20(27)25(21(28)24-22)12-19(26)23-15-11-14(29-2)5-7-16(15)30-3/h4-7,10-11H,8-9,12H2,1-3H3,(H,23,26)(H,24,28)/t22-/m0/s1. The Bertz CT molecular complexity index is 1090. The molecule has 0 aliphatic carbocycles. The highest BCUT2D eigenvalue weighted by Gasteiger charge is 2.49. The van der Waals surface area contributed by atoms with Crippen molar-refractivity contribution in [2.45, 2.75) is 12.5 Å². The summed E-state index contributed by atoms with van der Waals surface area (Å²) < 4.78 is 21.5. The van der Waals surface area contributed by atoms with Crippen LogP contribution in [0.1, 0.15) is 12.5 Å². The first-order chi connectivity index (χ1) is 15.4. The van der Waals surface area contributed by atoms with E-state index in [4.69, 9.17) is 18.9 Å². The van der Waals surface area contributed by atoms with Crippen molar-refractivity contribution in [1.29, 1.82) is 0 Å². The van der Waals surface area contributed by atoms with Crippen molar-refractivity contribution < 1.29 is 33.3 Å². The molecule has 2 aliphatic rings. The summed E-state index contributed by atoms with van der Waals surface area (Å²) in [5, 5.41) is 5.34. The highest BCUT2D eigenvalue weighted by Crippen LogP contribution is 2.37. The molecule has 1 saturated heterocycles. The van der Waals surface area contributed by atoms with Crippen LogP contribution in [-0.2, 0) is 15.1 Å². The van der Waals surface area contributed by atoms with E-state index < -0.39 is 29.9 Å². The number of hydrogen-bond acceptors (Lipinski definition) is 7. The molecular weight excluding hydrogens is 418 g/mol. The summed E-state index contributed by atoms with van der Waals surface area (Å²) in [7, 11) is 2.97. The predicted octanol–water partition coefficient (Wildman–Crippen LogP) is 1.88. The van der Waals surface area contributed by atoms with Crippen LogP contribution in [0.2, 0.25) is 0 Å². The molecule has 32 heavy (non-hydrogen) atoms. The van der Waals surface area contributed by atoms with Crippen molar-refractivity contribution in [3.63, 3.8) is 0 Å². The Labute approximate surface area is 184 Å². The van der Waals surface area contributed by atoms with Crippen molar-refractivity contribution >= 4 is 23.5 Å². The second-order valence-corrected chi connectivity index (χ2v) is 7.42. The molecule has 0 spiro atoms. The zero-order chi connectivity index (χ0) is 22.9. The van der Waals surface area contributed by atoms with E-state index in [1.165, 1.54) is 14.2 Å². The molecule has 2 aromatic rings. The number of nitrogens with one attached hydrogen (secondary N) is 2. The molecular formula is C22H23N3O7. The molecule has 2 aromatic carbocycles. The van der Waals surface area contributed by atoms with Gasteiger partial charge >= 0.3 is 6.03 Å². The predicted molar refractivity (Wildman–Crippen MR) is 113 cm³/mol. The van der Waals surface area contributed by atoms with E-state index in [0.717, 1.165) is 4.90 Å². The molecule has 168 valence electrons. The number of hydrogen-bond donors (Lipinski definition) is 2. The number of carbonyl (C=O) groups is 3. The number of benzene rings is 2. The van der Waals surface area contributed by atoms with E-state index in [9.17, 15) is 14.4 Å². The van der Waals surface area contributed by atoms with Crippen molar-refractivity contribution in [3.8, 4) is 23.0 Å². The van der Waals surface area contributed by atoms with Crippen molar-refractivity contribution in [2.75, 3.05) is 39.3 Å². The monoisotopic (exact) mass is 441 g/mol. The van der Waals surface area contributed by atoms with E-state index in [-0.39, 0.29) is 0 Å². The van der Waals surface area contributed by atoms with Gasteiger partial charge in [-0.2, -0.15) is 0 Å². The number of urea groups is 1. The molecule has 0 aromatic heterocycles. The Morgan fingerprint density at radius 1 is 1.09 bits per heavy atom. The summed E-state index contributed by atoms with van der Waals surface area (Å²) in [4.78, 5) is 39.3. The van der Waals surface area contributed by atoms with E-state index in [1.54, 1.807) is 43.3 Å². The van der Waals surface area contributed by atoms with Crippen molar-refractivity contribution in [2.24, 2.45) is 0 Å². The van der Waals surface area contributed by atoms with Crippen LogP contribution < -0.4 is 29.6 Å². The molecule has 2 aliphatic heterocycles. The van der Waals surface area contributed by atoms with Gasteiger partial charge in [0, 0.05) is 6.07 Å². The highest BCUT2D eigenvalue weighted by atomic mass is 16.6. The molecule has 2 heterocycles. The lowest BCUT2D eigenvalue weighted by atomic mass is 9.91. The van der Waals surface area contributed by atoms with Crippen LogP contribution in [0.4, 0.5) is 10.5 Å². The number of amides is 4. The fraction of sp³-hybridized carbons (Fsp3) is 0.318. The van der Waals surface area contributed by atoms with Crippen LogP contribution in [0.5, 0.6) is 23.0 Å². The van der Waals surface area contributed by atoms with Crippen LogP contribution >= 0.6 is 0 Å². The Morgan fingerprint density at radius 3 is 2.56 bits per heavy atom. The largest absolute Gasteiger partial charge is 0.497 e. The molecule has 1 fully saturated rings. The van der Waals surface area contributed by atoms with E-state index in [1.807, 2.05) is 0 Å². The first-order valence-electron chi connectivity index (χ1n) is 9.92. The maximum absolute atomic E-state index is 13.2. The molecule has 0 bridgehead atoms. The van der Waals surface area contributed by atoms with Gasteiger partial charge in [0.05, 0.1) is 19.9 Å². The fourth-order valence-corrected chi connectivity index (χ4v) is 3.64. The second-order valence-electron chi connectivity index (χ2n) is 7.42. The number of anilines is 1. The minimum atomic E-state index is -1.35. The number of imide groups is 1. The summed E-state index contributed by atoms with van der Waals surface area (Å²) in [6.07, 6.45) is 0. The van der Waals surface area contributed by atoms with Gasteiger partial charge in [-0.05, 0) is 36.8 Å².